The zero-order chi connectivity index (χ0) is 18.8. The summed E-state index contributed by atoms with van der Waals surface area (Å²) in [5.41, 5.74) is 7.87. The Kier molecular flexibility index (Phi) is 5.26. The van der Waals surface area contributed by atoms with E-state index in [-0.39, 0.29) is 12.1 Å². The van der Waals surface area contributed by atoms with Crippen molar-refractivity contribution < 1.29 is 9.53 Å². The quantitative estimate of drug-likeness (QED) is 0.450. The van der Waals surface area contributed by atoms with E-state index in [4.69, 9.17) is 15.5 Å². The van der Waals surface area contributed by atoms with Crippen LogP contribution < -0.4 is 5.73 Å². The molecule has 0 amide bonds. The van der Waals surface area contributed by atoms with Gasteiger partial charge in [-0.1, -0.05) is 30.3 Å². The fourth-order valence-corrected chi connectivity index (χ4v) is 4.59. The summed E-state index contributed by atoms with van der Waals surface area (Å²) in [6.07, 6.45) is 5.25. The molecule has 3 heterocycles. The van der Waals surface area contributed by atoms with E-state index < -0.39 is 0 Å². The van der Waals surface area contributed by atoms with Crippen molar-refractivity contribution in [3.8, 4) is 0 Å². The normalized spacial score (nSPS) is 19.1. The molecule has 8 heteroatoms. The van der Waals surface area contributed by atoms with E-state index in [9.17, 15) is 4.79 Å². The number of anilines is 1. The van der Waals surface area contributed by atoms with Gasteiger partial charge in [-0.15, -0.1) is 0 Å². The van der Waals surface area contributed by atoms with Gasteiger partial charge in [0.05, 0.1) is 0 Å². The SMILES string of the molecule is Nc1nccn2c(C3CCCN(C(OC=O)c4ccccc4)C3)nc(I)c12. The Morgan fingerprint density at radius 1 is 1.33 bits per heavy atom. The molecular weight excluding hydrogens is 457 g/mol. The molecule has 0 aliphatic carbocycles. The van der Waals surface area contributed by atoms with Crippen molar-refractivity contribution in [2.24, 2.45) is 0 Å². The topological polar surface area (TPSA) is 85.7 Å². The number of nitrogens with two attached hydrogens (primary N) is 1. The van der Waals surface area contributed by atoms with Crippen molar-refractivity contribution in [2.75, 3.05) is 18.8 Å². The third kappa shape index (κ3) is 3.51. The van der Waals surface area contributed by atoms with E-state index in [2.05, 4.69) is 32.5 Å². The van der Waals surface area contributed by atoms with Crippen LogP contribution in [-0.2, 0) is 9.53 Å². The van der Waals surface area contributed by atoms with Gasteiger partial charge in [-0.2, -0.15) is 0 Å². The second-order valence-electron chi connectivity index (χ2n) is 6.62. The lowest BCUT2D eigenvalue weighted by Gasteiger charge is -2.36. The molecule has 1 aliphatic rings. The first-order chi connectivity index (χ1) is 13.2. The number of nitrogens with zero attached hydrogens (tertiary/aromatic N) is 4. The van der Waals surface area contributed by atoms with Gasteiger partial charge in [-0.3, -0.25) is 14.1 Å². The number of nitrogen functional groups attached to an aromatic ring is 1. The summed E-state index contributed by atoms with van der Waals surface area (Å²) in [5, 5.41) is 0. The lowest BCUT2D eigenvalue weighted by Crippen LogP contribution is -2.39. The average molecular weight is 477 g/mol. The Labute approximate surface area is 170 Å². The van der Waals surface area contributed by atoms with Gasteiger partial charge in [-0.05, 0) is 35.4 Å². The first-order valence-corrected chi connectivity index (χ1v) is 9.93. The number of likely N-dealkylation sites (tertiary alicyclic amines) is 1. The molecule has 0 radical (unpaired) electrons. The molecule has 0 saturated carbocycles. The van der Waals surface area contributed by atoms with Gasteiger partial charge in [0.15, 0.2) is 12.0 Å². The van der Waals surface area contributed by atoms with E-state index >= 15 is 0 Å². The van der Waals surface area contributed by atoms with Crippen LogP contribution in [0.1, 0.15) is 36.4 Å². The Bertz CT molecular complexity index is 946. The van der Waals surface area contributed by atoms with Gasteiger partial charge in [0.2, 0.25) is 0 Å². The zero-order valence-corrected chi connectivity index (χ0v) is 16.8. The predicted octanol–water partition coefficient (Wildman–Crippen LogP) is 2.97. The van der Waals surface area contributed by atoms with Gasteiger partial charge < -0.3 is 10.5 Å². The first kappa shape index (κ1) is 18.2. The number of ether oxygens (including phenoxy) is 1. The molecule has 0 bridgehead atoms. The van der Waals surface area contributed by atoms with Crippen molar-refractivity contribution in [3.05, 3.63) is 57.8 Å². The monoisotopic (exact) mass is 477 g/mol. The molecule has 1 fully saturated rings. The molecule has 2 unspecified atom stereocenters. The Hall–Kier alpha value is -2.20. The van der Waals surface area contributed by atoms with Crippen LogP contribution in [0.5, 0.6) is 0 Å². The Morgan fingerprint density at radius 3 is 2.93 bits per heavy atom. The summed E-state index contributed by atoms with van der Waals surface area (Å²) in [7, 11) is 0. The Balaban J connectivity index is 1.65. The van der Waals surface area contributed by atoms with Crippen molar-refractivity contribution >= 4 is 40.4 Å². The number of rotatable bonds is 5. The van der Waals surface area contributed by atoms with Gasteiger partial charge in [-0.25, -0.2) is 9.97 Å². The van der Waals surface area contributed by atoms with Gasteiger partial charge in [0, 0.05) is 37.0 Å². The fraction of sp³-hybridized carbons (Fsp3) is 0.316. The number of halogens is 1. The highest BCUT2D eigenvalue weighted by Crippen LogP contribution is 2.33. The van der Waals surface area contributed by atoms with Crippen LogP contribution in [0.3, 0.4) is 0 Å². The van der Waals surface area contributed by atoms with Crippen molar-refractivity contribution in [1.29, 1.82) is 0 Å². The molecule has 1 aromatic carbocycles. The third-order valence-electron chi connectivity index (χ3n) is 4.99. The van der Waals surface area contributed by atoms with Crippen LogP contribution in [-0.4, -0.2) is 38.8 Å². The smallest absolute Gasteiger partial charge is 0.294 e. The van der Waals surface area contributed by atoms with Crippen molar-refractivity contribution in [2.45, 2.75) is 25.0 Å². The summed E-state index contributed by atoms with van der Waals surface area (Å²) < 4.78 is 8.34. The third-order valence-corrected chi connectivity index (χ3v) is 5.74. The fourth-order valence-electron chi connectivity index (χ4n) is 3.81. The highest BCUT2D eigenvalue weighted by Gasteiger charge is 2.31. The molecule has 1 aliphatic heterocycles. The minimum absolute atomic E-state index is 0.220. The average Bonchev–Trinajstić information content (AvgIpc) is 3.05. The number of carbonyl (C=O) groups is 1. The molecular formula is C19H20IN5O2. The standard InChI is InChI=1S/C19H20IN5O2/c20-16-15-17(21)22-8-10-25(15)18(23-16)14-7-4-9-24(11-14)19(27-12-26)13-5-2-1-3-6-13/h1-3,5-6,8,10,12,14,19H,4,7,9,11H2,(H2,21,22). The van der Waals surface area contributed by atoms with E-state index in [1.54, 1.807) is 6.20 Å². The summed E-state index contributed by atoms with van der Waals surface area (Å²) in [6.45, 7) is 2.15. The predicted molar refractivity (Wildman–Crippen MR) is 110 cm³/mol. The van der Waals surface area contributed by atoms with Crippen molar-refractivity contribution in [1.82, 2.24) is 19.3 Å². The molecule has 7 nitrogen and oxygen atoms in total. The zero-order valence-electron chi connectivity index (χ0n) is 14.7. The van der Waals surface area contributed by atoms with E-state index in [1.807, 2.05) is 40.9 Å². The van der Waals surface area contributed by atoms with Crippen molar-refractivity contribution in [3.63, 3.8) is 0 Å². The molecule has 2 aromatic heterocycles. The molecule has 4 rings (SSSR count). The van der Waals surface area contributed by atoms with Crippen LogP contribution in [0.4, 0.5) is 5.82 Å². The molecule has 1 saturated heterocycles. The number of benzene rings is 1. The maximum atomic E-state index is 11.1. The lowest BCUT2D eigenvalue weighted by atomic mass is 9.96. The number of imidazole rings is 1. The van der Waals surface area contributed by atoms with Crippen LogP contribution in [0, 0.1) is 3.70 Å². The van der Waals surface area contributed by atoms with Crippen LogP contribution in [0.15, 0.2) is 42.7 Å². The number of piperidine rings is 1. The molecule has 0 spiro atoms. The van der Waals surface area contributed by atoms with E-state index in [0.29, 0.717) is 12.3 Å². The first-order valence-electron chi connectivity index (χ1n) is 8.85. The summed E-state index contributed by atoms with van der Waals surface area (Å²) >= 11 is 2.21. The van der Waals surface area contributed by atoms with Gasteiger partial charge >= 0.3 is 0 Å². The highest BCUT2D eigenvalue weighted by atomic mass is 127. The molecule has 140 valence electrons. The largest absolute Gasteiger partial charge is 0.444 e. The van der Waals surface area contributed by atoms with Gasteiger partial charge in [0.25, 0.3) is 6.47 Å². The summed E-state index contributed by atoms with van der Waals surface area (Å²) in [4.78, 5) is 22.3. The summed E-state index contributed by atoms with van der Waals surface area (Å²) in [6, 6.07) is 9.84. The number of fused-ring (bicyclic) bond motifs is 1. The van der Waals surface area contributed by atoms with Gasteiger partial charge in [0.1, 0.15) is 15.0 Å². The minimum atomic E-state index is -0.386. The number of aromatic nitrogens is 3. The maximum Gasteiger partial charge on any atom is 0.294 e. The highest BCUT2D eigenvalue weighted by molar-refractivity contribution is 14.1. The number of carbonyl (C=O) groups excluding carboxylic acids is 1. The van der Waals surface area contributed by atoms with Crippen LogP contribution >= 0.6 is 22.6 Å². The maximum absolute atomic E-state index is 11.1. The minimum Gasteiger partial charge on any atom is -0.444 e. The van der Waals surface area contributed by atoms with E-state index in [0.717, 1.165) is 46.5 Å². The second kappa shape index (κ2) is 7.81. The molecule has 3 aromatic rings. The number of hydrogen-bond donors (Lipinski definition) is 1. The lowest BCUT2D eigenvalue weighted by molar-refractivity contribution is -0.145. The van der Waals surface area contributed by atoms with Crippen LogP contribution in [0.2, 0.25) is 0 Å². The summed E-state index contributed by atoms with van der Waals surface area (Å²) in [5.74, 6) is 1.68. The Morgan fingerprint density at radius 2 is 2.15 bits per heavy atom. The van der Waals surface area contributed by atoms with Crippen LogP contribution in [0.25, 0.3) is 5.52 Å². The van der Waals surface area contributed by atoms with E-state index in [1.165, 1.54) is 0 Å². The molecule has 27 heavy (non-hydrogen) atoms. The number of hydrogen-bond acceptors (Lipinski definition) is 6. The molecule has 2 N–H and O–H groups in total. The second-order valence-corrected chi connectivity index (χ2v) is 7.64. The molecule has 2 atom stereocenters.